The van der Waals surface area contributed by atoms with Crippen LogP contribution in [0.3, 0.4) is 0 Å². The van der Waals surface area contributed by atoms with E-state index in [1.807, 2.05) is 0 Å². The van der Waals surface area contributed by atoms with Crippen LogP contribution in [0.15, 0.2) is 22.0 Å². The minimum atomic E-state index is 0. The van der Waals surface area contributed by atoms with E-state index in [1.54, 1.807) is 6.07 Å². The van der Waals surface area contributed by atoms with E-state index in [9.17, 15) is 0 Å². The van der Waals surface area contributed by atoms with E-state index >= 15 is 0 Å². The summed E-state index contributed by atoms with van der Waals surface area (Å²) in [6.45, 7) is 4.12. The van der Waals surface area contributed by atoms with Gasteiger partial charge >= 0.3 is 0 Å². The molecule has 6 nitrogen and oxygen atoms in total. The Morgan fingerprint density at radius 3 is 2.82 bits per heavy atom. The van der Waals surface area contributed by atoms with Gasteiger partial charge in [-0.3, -0.25) is 0 Å². The molecule has 2 bridgehead atoms. The standard InChI is InChI=1S/C15H20N3O3.HI/c1-18-7-4-13(5-8-18)14(12-18)16-20-10-3-2-9-19-15-6-11-21-17-15;/h6,11,13H,4-5,7-10,12H2,1H3;1H/q+1;/p-1/b16-14+;. The van der Waals surface area contributed by atoms with Gasteiger partial charge in [-0.1, -0.05) is 17.0 Å². The van der Waals surface area contributed by atoms with Gasteiger partial charge in [-0.05, 0) is 5.16 Å². The van der Waals surface area contributed by atoms with Crippen LogP contribution < -0.4 is 28.7 Å². The monoisotopic (exact) mass is 417 g/mol. The molecule has 3 saturated heterocycles. The zero-order valence-electron chi connectivity index (χ0n) is 12.6. The summed E-state index contributed by atoms with van der Waals surface area (Å²) in [6, 6.07) is 1.64. The Balaban J connectivity index is 0.00000176. The lowest BCUT2D eigenvalue weighted by Gasteiger charge is -2.46. The van der Waals surface area contributed by atoms with Crippen molar-refractivity contribution in [1.29, 1.82) is 0 Å². The van der Waals surface area contributed by atoms with E-state index in [-0.39, 0.29) is 30.6 Å². The van der Waals surface area contributed by atoms with Gasteiger partial charge in [0.1, 0.15) is 18.5 Å². The first-order chi connectivity index (χ1) is 10.3. The Kier molecular flexibility index (Phi) is 6.08. The number of halogens is 1. The van der Waals surface area contributed by atoms with Crippen molar-refractivity contribution in [3.05, 3.63) is 12.3 Å². The molecular formula is C15H20IN3O3. The van der Waals surface area contributed by atoms with Gasteiger partial charge in [0, 0.05) is 24.8 Å². The fourth-order valence-electron chi connectivity index (χ4n) is 2.94. The second-order valence-electron chi connectivity index (χ2n) is 5.84. The first kappa shape index (κ1) is 17.1. The summed E-state index contributed by atoms with van der Waals surface area (Å²) in [5, 5.41) is 7.91. The van der Waals surface area contributed by atoms with Crippen LogP contribution >= 0.6 is 0 Å². The fourth-order valence-corrected chi connectivity index (χ4v) is 2.94. The Morgan fingerprint density at radius 1 is 1.36 bits per heavy atom. The number of aromatic nitrogens is 1. The molecule has 3 aliphatic heterocycles. The molecule has 0 spiro atoms. The fraction of sp³-hybridized carbons (Fsp3) is 0.600. The van der Waals surface area contributed by atoms with Gasteiger partial charge < -0.3 is 42.6 Å². The third-order valence-corrected chi connectivity index (χ3v) is 4.20. The van der Waals surface area contributed by atoms with Crippen molar-refractivity contribution in [2.24, 2.45) is 11.1 Å². The van der Waals surface area contributed by atoms with E-state index < -0.39 is 0 Å². The average Bonchev–Trinajstić information content (AvgIpc) is 3.00. The van der Waals surface area contributed by atoms with E-state index in [0.717, 1.165) is 11.0 Å². The van der Waals surface area contributed by atoms with E-state index in [2.05, 4.69) is 33.7 Å². The lowest BCUT2D eigenvalue weighted by molar-refractivity contribution is -0.911. The van der Waals surface area contributed by atoms with Crippen LogP contribution in [-0.4, -0.2) is 55.2 Å². The highest BCUT2D eigenvalue weighted by Crippen LogP contribution is 2.30. The molecule has 1 aromatic heterocycles. The molecule has 0 aliphatic carbocycles. The second kappa shape index (κ2) is 7.83. The maximum Gasteiger partial charge on any atom is 0.254 e. The van der Waals surface area contributed by atoms with Crippen LogP contribution in [0.5, 0.6) is 5.88 Å². The number of nitrogens with zero attached hydrogens (tertiary/aromatic N) is 3. The highest BCUT2D eigenvalue weighted by molar-refractivity contribution is 5.88. The van der Waals surface area contributed by atoms with Crippen molar-refractivity contribution >= 4 is 5.71 Å². The summed E-state index contributed by atoms with van der Waals surface area (Å²) in [7, 11) is 2.30. The van der Waals surface area contributed by atoms with Gasteiger partial charge in [0.2, 0.25) is 0 Å². The van der Waals surface area contributed by atoms with Crippen LogP contribution in [0.4, 0.5) is 0 Å². The van der Waals surface area contributed by atoms with Crippen LogP contribution in [-0.2, 0) is 4.84 Å². The third-order valence-electron chi connectivity index (χ3n) is 4.20. The van der Waals surface area contributed by atoms with Crippen LogP contribution in [0, 0.1) is 17.8 Å². The molecule has 0 amide bonds. The van der Waals surface area contributed by atoms with Crippen LogP contribution in [0.1, 0.15) is 12.8 Å². The molecule has 0 saturated carbocycles. The molecule has 7 heteroatoms. The number of ether oxygens (including phenoxy) is 1. The molecule has 0 aromatic carbocycles. The normalized spacial score (nSPS) is 27.7. The molecule has 3 fully saturated rings. The quantitative estimate of drug-likeness (QED) is 0.193. The molecule has 120 valence electrons. The molecule has 1 aromatic rings. The Labute approximate surface area is 147 Å². The minimum absolute atomic E-state index is 0. The van der Waals surface area contributed by atoms with Crippen molar-refractivity contribution in [2.75, 3.05) is 39.9 Å². The van der Waals surface area contributed by atoms with Crippen molar-refractivity contribution in [2.45, 2.75) is 12.8 Å². The maximum atomic E-state index is 5.32. The van der Waals surface area contributed by atoms with Crippen LogP contribution in [0.25, 0.3) is 0 Å². The third kappa shape index (κ3) is 4.36. The number of quaternary nitrogens is 1. The highest BCUT2D eigenvalue weighted by atomic mass is 127. The smallest absolute Gasteiger partial charge is 0.254 e. The Morgan fingerprint density at radius 2 is 2.14 bits per heavy atom. The van der Waals surface area contributed by atoms with Crippen molar-refractivity contribution in [3.8, 4) is 17.7 Å². The molecular weight excluding hydrogens is 397 g/mol. The van der Waals surface area contributed by atoms with E-state index in [0.29, 0.717) is 18.4 Å². The molecule has 4 rings (SSSR count). The molecule has 0 radical (unpaired) electrons. The molecule has 22 heavy (non-hydrogen) atoms. The number of oxime groups is 1. The zero-order valence-corrected chi connectivity index (χ0v) is 14.8. The number of fused-ring (bicyclic) bond motifs is 3. The summed E-state index contributed by atoms with van der Waals surface area (Å²) in [5.74, 6) is 6.78. The van der Waals surface area contributed by atoms with Crippen molar-refractivity contribution < 1.29 is 42.6 Å². The van der Waals surface area contributed by atoms with Gasteiger partial charge in [0.05, 0.1) is 20.1 Å². The summed E-state index contributed by atoms with van der Waals surface area (Å²) in [4.78, 5) is 5.32. The van der Waals surface area contributed by atoms with Gasteiger partial charge in [0.15, 0.2) is 13.2 Å². The van der Waals surface area contributed by atoms with Gasteiger partial charge in [-0.2, -0.15) is 0 Å². The summed E-state index contributed by atoms with van der Waals surface area (Å²) in [6.07, 6.45) is 3.92. The largest absolute Gasteiger partial charge is 1.00 e. The average molecular weight is 417 g/mol. The topological polar surface area (TPSA) is 56.9 Å². The molecule has 0 atom stereocenters. The molecule has 3 aliphatic rings. The molecule has 0 unspecified atom stereocenters. The number of hydrogen-bond acceptors (Lipinski definition) is 5. The van der Waals surface area contributed by atoms with E-state index in [4.69, 9.17) is 9.57 Å². The zero-order chi connectivity index (χ0) is 14.5. The first-order valence-electron chi connectivity index (χ1n) is 7.26. The lowest BCUT2D eigenvalue weighted by atomic mass is 9.85. The van der Waals surface area contributed by atoms with Gasteiger partial charge in [-0.15, -0.1) is 0 Å². The summed E-state index contributed by atoms with van der Waals surface area (Å²) in [5.41, 5.74) is 1.20. The van der Waals surface area contributed by atoms with Crippen LogP contribution in [0.2, 0.25) is 0 Å². The second-order valence-corrected chi connectivity index (χ2v) is 5.84. The highest BCUT2D eigenvalue weighted by Gasteiger charge is 2.41. The van der Waals surface area contributed by atoms with Gasteiger partial charge in [-0.25, -0.2) is 0 Å². The van der Waals surface area contributed by atoms with E-state index in [1.165, 1.54) is 37.9 Å². The van der Waals surface area contributed by atoms with Gasteiger partial charge in [0.25, 0.3) is 5.88 Å². The summed E-state index contributed by atoms with van der Waals surface area (Å²) >= 11 is 0. The first-order valence-corrected chi connectivity index (χ1v) is 7.26. The number of piperidine rings is 3. The Hall–Kier alpha value is -1.27. The number of hydrogen-bond donors (Lipinski definition) is 0. The molecule has 4 heterocycles. The lowest BCUT2D eigenvalue weighted by Crippen LogP contribution is -3.00. The van der Waals surface area contributed by atoms with Crippen molar-refractivity contribution in [3.63, 3.8) is 0 Å². The minimum Gasteiger partial charge on any atom is -1.00 e. The summed E-state index contributed by atoms with van der Waals surface area (Å²) < 4.78 is 11.0. The maximum absolute atomic E-state index is 5.32. The van der Waals surface area contributed by atoms with Crippen molar-refractivity contribution in [1.82, 2.24) is 5.16 Å². The molecule has 0 N–H and O–H groups in total. The Bertz CT molecular complexity index is 554. The SMILES string of the molecule is C[N+]12CCC(CC1)/C(=N/OCC#CCOc1ccon1)C2.[I-]. The predicted octanol–water partition coefficient (Wildman–Crippen LogP) is -1.70. The number of rotatable bonds is 4. The predicted molar refractivity (Wildman–Crippen MR) is 76.7 cm³/mol.